The van der Waals surface area contributed by atoms with Gasteiger partial charge >= 0.3 is 0 Å². The summed E-state index contributed by atoms with van der Waals surface area (Å²) in [4.78, 5) is 0. The molecule has 0 bridgehead atoms. The predicted octanol–water partition coefficient (Wildman–Crippen LogP) is 11.3. The first kappa shape index (κ1) is 24.8. The van der Waals surface area contributed by atoms with Crippen molar-refractivity contribution in [3.8, 4) is 22.5 Å². The van der Waals surface area contributed by atoms with Crippen LogP contribution in [0.25, 0.3) is 76.9 Å². The van der Waals surface area contributed by atoms with Crippen molar-refractivity contribution in [3.63, 3.8) is 0 Å². The standard InChI is InChI=1S/C43H30N2/c1-43(2)37-16-8-5-13-31(37)34-26-42-36(25-38(34)43)35-23-27-11-3-4-12-28(27)24-41(35)45(42)30-21-19-29(20-22-30)44-39-17-9-6-14-32(39)33-15-7-10-18-40(33)44/h3-26H,1-2H3. The van der Waals surface area contributed by atoms with E-state index in [0.717, 1.165) is 0 Å². The molecule has 9 aromatic rings. The summed E-state index contributed by atoms with van der Waals surface area (Å²) >= 11 is 0. The molecular formula is C43H30N2. The molecule has 1 aliphatic rings. The molecule has 0 N–H and O–H groups in total. The summed E-state index contributed by atoms with van der Waals surface area (Å²) in [7, 11) is 0. The van der Waals surface area contributed by atoms with Crippen LogP contribution in [-0.4, -0.2) is 9.13 Å². The largest absolute Gasteiger partial charge is 0.309 e. The first-order valence-electron chi connectivity index (χ1n) is 15.8. The van der Waals surface area contributed by atoms with Crippen LogP contribution in [-0.2, 0) is 5.41 Å². The van der Waals surface area contributed by atoms with Gasteiger partial charge in [0, 0.05) is 38.3 Å². The fraction of sp³-hybridized carbons (Fsp3) is 0.0698. The summed E-state index contributed by atoms with van der Waals surface area (Å²) < 4.78 is 4.86. The second-order valence-electron chi connectivity index (χ2n) is 13.0. The van der Waals surface area contributed by atoms with Crippen molar-refractivity contribution in [2.45, 2.75) is 19.3 Å². The summed E-state index contributed by atoms with van der Waals surface area (Å²) in [5.74, 6) is 0. The molecule has 0 aliphatic heterocycles. The van der Waals surface area contributed by atoms with E-state index in [0.29, 0.717) is 0 Å². The number of benzene rings is 7. The average Bonchev–Trinajstić information content (AvgIpc) is 3.66. The highest BCUT2D eigenvalue weighted by Gasteiger charge is 2.36. The minimum absolute atomic E-state index is 0.0463. The molecule has 0 radical (unpaired) electrons. The highest BCUT2D eigenvalue weighted by Crippen LogP contribution is 2.51. The van der Waals surface area contributed by atoms with Crippen molar-refractivity contribution >= 4 is 54.4 Å². The zero-order valence-corrected chi connectivity index (χ0v) is 25.3. The summed E-state index contributed by atoms with van der Waals surface area (Å²) in [5, 5.41) is 7.70. The van der Waals surface area contributed by atoms with Crippen LogP contribution >= 0.6 is 0 Å². The molecule has 0 amide bonds. The van der Waals surface area contributed by atoms with E-state index in [1.807, 2.05) is 0 Å². The SMILES string of the molecule is CC1(C)c2ccccc2-c2cc3c(cc21)c1cc2ccccc2cc1n3-c1ccc(-n2c3ccccc3c3ccccc32)cc1. The Hall–Kier alpha value is -5.60. The van der Waals surface area contributed by atoms with Crippen LogP contribution in [0.1, 0.15) is 25.0 Å². The van der Waals surface area contributed by atoms with Crippen LogP contribution in [0.4, 0.5) is 0 Å². The zero-order valence-electron chi connectivity index (χ0n) is 25.3. The van der Waals surface area contributed by atoms with Gasteiger partial charge in [0.1, 0.15) is 0 Å². The van der Waals surface area contributed by atoms with E-state index in [4.69, 9.17) is 0 Å². The van der Waals surface area contributed by atoms with E-state index < -0.39 is 0 Å². The van der Waals surface area contributed by atoms with Crippen LogP contribution in [0.3, 0.4) is 0 Å². The molecule has 0 spiro atoms. The molecule has 2 heteroatoms. The molecule has 0 atom stereocenters. The van der Waals surface area contributed by atoms with Crippen LogP contribution in [0.5, 0.6) is 0 Å². The number of fused-ring (bicyclic) bond motifs is 10. The van der Waals surface area contributed by atoms with Gasteiger partial charge in [-0.05, 0) is 93.7 Å². The third-order valence-electron chi connectivity index (χ3n) is 10.3. The van der Waals surface area contributed by atoms with E-state index in [1.165, 1.54) is 88.0 Å². The van der Waals surface area contributed by atoms with Gasteiger partial charge in [0.2, 0.25) is 0 Å². The molecule has 1 aliphatic carbocycles. The highest BCUT2D eigenvalue weighted by molar-refractivity contribution is 6.15. The third-order valence-corrected chi connectivity index (χ3v) is 10.3. The number of nitrogens with zero attached hydrogens (tertiary/aromatic N) is 2. The Balaban J connectivity index is 1.25. The molecule has 0 fully saturated rings. The Kier molecular flexibility index (Phi) is 4.82. The minimum atomic E-state index is -0.0463. The smallest absolute Gasteiger partial charge is 0.0547 e. The predicted molar refractivity (Wildman–Crippen MR) is 190 cm³/mol. The number of aromatic nitrogens is 2. The lowest BCUT2D eigenvalue weighted by Crippen LogP contribution is -2.14. The Morgan fingerprint density at radius 3 is 1.58 bits per heavy atom. The molecule has 2 aromatic heterocycles. The van der Waals surface area contributed by atoms with Gasteiger partial charge in [-0.25, -0.2) is 0 Å². The molecule has 0 saturated carbocycles. The van der Waals surface area contributed by atoms with Crippen LogP contribution in [0.15, 0.2) is 146 Å². The van der Waals surface area contributed by atoms with Gasteiger partial charge in [0.25, 0.3) is 0 Å². The fourth-order valence-corrected chi connectivity index (χ4v) is 8.13. The van der Waals surface area contributed by atoms with Gasteiger partial charge in [0.05, 0.1) is 22.1 Å². The minimum Gasteiger partial charge on any atom is -0.309 e. The quantitative estimate of drug-likeness (QED) is 0.194. The molecule has 0 unspecified atom stereocenters. The van der Waals surface area contributed by atoms with Crippen molar-refractivity contribution in [2.24, 2.45) is 0 Å². The van der Waals surface area contributed by atoms with Crippen molar-refractivity contribution < 1.29 is 0 Å². The Bertz CT molecular complexity index is 2610. The van der Waals surface area contributed by atoms with Gasteiger partial charge in [-0.3, -0.25) is 0 Å². The van der Waals surface area contributed by atoms with Gasteiger partial charge in [-0.15, -0.1) is 0 Å². The van der Waals surface area contributed by atoms with Gasteiger partial charge in [-0.1, -0.05) is 98.8 Å². The summed E-state index contributed by atoms with van der Waals surface area (Å²) in [5.41, 5.74) is 12.7. The fourth-order valence-electron chi connectivity index (χ4n) is 8.13. The molecular weight excluding hydrogens is 544 g/mol. The second-order valence-corrected chi connectivity index (χ2v) is 13.0. The van der Waals surface area contributed by atoms with Gasteiger partial charge in [-0.2, -0.15) is 0 Å². The van der Waals surface area contributed by atoms with Crippen LogP contribution < -0.4 is 0 Å². The maximum atomic E-state index is 2.48. The van der Waals surface area contributed by atoms with E-state index in [1.54, 1.807) is 0 Å². The molecule has 45 heavy (non-hydrogen) atoms. The van der Waals surface area contributed by atoms with Crippen molar-refractivity contribution in [3.05, 3.63) is 157 Å². The van der Waals surface area contributed by atoms with Gasteiger partial charge in [0.15, 0.2) is 0 Å². The number of hydrogen-bond acceptors (Lipinski definition) is 0. The van der Waals surface area contributed by atoms with E-state index in [2.05, 4.69) is 169 Å². The molecule has 7 aromatic carbocycles. The maximum absolute atomic E-state index is 2.48. The molecule has 10 rings (SSSR count). The Morgan fingerprint density at radius 1 is 0.378 bits per heavy atom. The topological polar surface area (TPSA) is 9.86 Å². The molecule has 0 saturated heterocycles. The molecule has 2 heterocycles. The van der Waals surface area contributed by atoms with Crippen LogP contribution in [0.2, 0.25) is 0 Å². The zero-order chi connectivity index (χ0) is 29.9. The van der Waals surface area contributed by atoms with E-state index in [9.17, 15) is 0 Å². The molecule has 212 valence electrons. The van der Waals surface area contributed by atoms with E-state index in [-0.39, 0.29) is 5.41 Å². The van der Waals surface area contributed by atoms with Crippen molar-refractivity contribution in [1.29, 1.82) is 0 Å². The third kappa shape index (κ3) is 3.29. The Labute approximate surface area is 261 Å². The highest BCUT2D eigenvalue weighted by atomic mass is 15.0. The average molecular weight is 575 g/mol. The van der Waals surface area contributed by atoms with Crippen LogP contribution in [0, 0.1) is 0 Å². The monoisotopic (exact) mass is 574 g/mol. The molecule has 2 nitrogen and oxygen atoms in total. The first-order chi connectivity index (χ1) is 22.1. The maximum Gasteiger partial charge on any atom is 0.0547 e. The summed E-state index contributed by atoms with van der Waals surface area (Å²) in [6.07, 6.45) is 0. The number of hydrogen-bond donors (Lipinski definition) is 0. The lowest BCUT2D eigenvalue weighted by molar-refractivity contribution is 0.661. The second kappa shape index (κ2) is 8.74. The number of para-hydroxylation sites is 2. The lowest BCUT2D eigenvalue weighted by atomic mass is 9.82. The lowest BCUT2D eigenvalue weighted by Gasteiger charge is -2.21. The van der Waals surface area contributed by atoms with E-state index >= 15 is 0 Å². The van der Waals surface area contributed by atoms with Crippen molar-refractivity contribution in [2.75, 3.05) is 0 Å². The normalized spacial score (nSPS) is 13.7. The summed E-state index contributed by atoms with van der Waals surface area (Å²) in [6.45, 7) is 4.73. The summed E-state index contributed by atoms with van der Waals surface area (Å²) in [6, 6.07) is 53.9. The van der Waals surface area contributed by atoms with Crippen molar-refractivity contribution in [1.82, 2.24) is 9.13 Å². The first-order valence-corrected chi connectivity index (χ1v) is 15.8. The van der Waals surface area contributed by atoms with Gasteiger partial charge < -0.3 is 9.13 Å². The number of rotatable bonds is 2. The Morgan fingerprint density at radius 2 is 0.889 bits per heavy atom.